The van der Waals surface area contributed by atoms with E-state index >= 15 is 0 Å². The predicted octanol–water partition coefficient (Wildman–Crippen LogP) is 2.63. The number of anilines is 3. The summed E-state index contributed by atoms with van der Waals surface area (Å²) < 4.78 is 7.61. The second-order valence-corrected chi connectivity index (χ2v) is 8.85. The van der Waals surface area contributed by atoms with Crippen molar-refractivity contribution in [3.05, 3.63) is 58.3 Å². The number of aryl methyl sites for hydroxylation is 2. The first-order chi connectivity index (χ1) is 16.3. The minimum Gasteiger partial charge on any atom is -0.374 e. The SMILES string of the molecule is CCO[C@H]1CN(c2ccccn2)CC1Nc1c(C)nc(-c2cnc(N(C)C)cc2C)n(C)c1=O. The van der Waals surface area contributed by atoms with Gasteiger partial charge in [0.25, 0.3) is 5.56 Å². The maximum Gasteiger partial charge on any atom is 0.277 e. The molecule has 0 radical (unpaired) electrons. The maximum absolute atomic E-state index is 13.4. The van der Waals surface area contributed by atoms with Gasteiger partial charge < -0.3 is 19.9 Å². The molecule has 4 heterocycles. The Morgan fingerprint density at radius 1 is 1.21 bits per heavy atom. The number of aromatic nitrogens is 4. The molecule has 1 aliphatic heterocycles. The molecule has 0 aromatic carbocycles. The zero-order valence-electron chi connectivity index (χ0n) is 20.7. The van der Waals surface area contributed by atoms with Gasteiger partial charge in [-0.05, 0) is 44.5 Å². The van der Waals surface area contributed by atoms with E-state index in [9.17, 15) is 4.79 Å². The van der Waals surface area contributed by atoms with Gasteiger partial charge in [-0.3, -0.25) is 9.36 Å². The van der Waals surface area contributed by atoms with Crippen LogP contribution >= 0.6 is 0 Å². The van der Waals surface area contributed by atoms with Gasteiger partial charge in [-0.15, -0.1) is 0 Å². The van der Waals surface area contributed by atoms with E-state index in [1.54, 1.807) is 24.0 Å². The largest absolute Gasteiger partial charge is 0.374 e. The highest BCUT2D eigenvalue weighted by molar-refractivity contribution is 5.64. The Hall–Kier alpha value is -3.46. The molecule has 1 unspecified atom stereocenters. The van der Waals surface area contributed by atoms with Crippen LogP contribution < -0.4 is 20.7 Å². The van der Waals surface area contributed by atoms with Gasteiger partial charge in [0, 0.05) is 58.8 Å². The van der Waals surface area contributed by atoms with Gasteiger partial charge in [-0.25, -0.2) is 15.0 Å². The molecule has 34 heavy (non-hydrogen) atoms. The lowest BCUT2D eigenvalue weighted by atomic mass is 10.1. The van der Waals surface area contributed by atoms with Crippen molar-refractivity contribution in [1.82, 2.24) is 19.5 Å². The van der Waals surface area contributed by atoms with E-state index in [0.29, 0.717) is 36.9 Å². The summed E-state index contributed by atoms with van der Waals surface area (Å²) in [5.74, 6) is 2.37. The lowest BCUT2D eigenvalue weighted by Gasteiger charge is -2.22. The van der Waals surface area contributed by atoms with E-state index in [1.165, 1.54) is 0 Å². The summed E-state index contributed by atoms with van der Waals surface area (Å²) >= 11 is 0. The summed E-state index contributed by atoms with van der Waals surface area (Å²) in [6.07, 6.45) is 3.50. The quantitative estimate of drug-likeness (QED) is 0.572. The molecule has 0 saturated carbocycles. The highest BCUT2D eigenvalue weighted by Gasteiger charge is 2.35. The molecule has 0 amide bonds. The minimum atomic E-state index is -0.120. The van der Waals surface area contributed by atoms with Gasteiger partial charge in [-0.1, -0.05) is 6.07 Å². The van der Waals surface area contributed by atoms with Crippen LogP contribution in [0.1, 0.15) is 18.2 Å². The third kappa shape index (κ3) is 4.61. The molecule has 0 spiro atoms. The van der Waals surface area contributed by atoms with Crippen molar-refractivity contribution in [2.45, 2.75) is 32.9 Å². The van der Waals surface area contributed by atoms with Gasteiger partial charge in [0.15, 0.2) is 0 Å². The van der Waals surface area contributed by atoms with E-state index < -0.39 is 0 Å². The van der Waals surface area contributed by atoms with Crippen LogP contribution in [-0.4, -0.2) is 65.5 Å². The Morgan fingerprint density at radius 3 is 2.65 bits per heavy atom. The molecule has 9 heteroatoms. The van der Waals surface area contributed by atoms with Crippen LogP contribution in [0.3, 0.4) is 0 Å². The Bertz CT molecular complexity index is 1210. The summed E-state index contributed by atoms with van der Waals surface area (Å²) in [5.41, 5.74) is 2.89. The summed E-state index contributed by atoms with van der Waals surface area (Å²) in [5, 5.41) is 3.46. The van der Waals surface area contributed by atoms with Crippen molar-refractivity contribution in [3.8, 4) is 11.4 Å². The van der Waals surface area contributed by atoms with Crippen molar-refractivity contribution >= 4 is 17.3 Å². The fourth-order valence-electron chi connectivity index (χ4n) is 4.34. The van der Waals surface area contributed by atoms with Crippen molar-refractivity contribution in [1.29, 1.82) is 0 Å². The molecule has 0 aliphatic carbocycles. The molecule has 3 aromatic rings. The summed E-state index contributed by atoms with van der Waals surface area (Å²) in [7, 11) is 5.66. The molecule has 0 bridgehead atoms. The Labute approximate surface area is 200 Å². The molecule has 9 nitrogen and oxygen atoms in total. The van der Waals surface area contributed by atoms with Gasteiger partial charge >= 0.3 is 0 Å². The van der Waals surface area contributed by atoms with Crippen LogP contribution in [0, 0.1) is 13.8 Å². The van der Waals surface area contributed by atoms with Crippen LogP contribution in [0.5, 0.6) is 0 Å². The third-order valence-corrected chi connectivity index (χ3v) is 6.22. The number of nitrogens with one attached hydrogen (secondary N) is 1. The monoisotopic (exact) mass is 463 g/mol. The number of nitrogens with zero attached hydrogens (tertiary/aromatic N) is 6. The van der Waals surface area contributed by atoms with E-state index in [4.69, 9.17) is 9.72 Å². The third-order valence-electron chi connectivity index (χ3n) is 6.22. The van der Waals surface area contributed by atoms with Crippen LogP contribution in [-0.2, 0) is 11.8 Å². The number of ether oxygens (including phenoxy) is 1. The van der Waals surface area contributed by atoms with Crippen LogP contribution in [0.15, 0.2) is 41.5 Å². The summed E-state index contributed by atoms with van der Waals surface area (Å²) in [6, 6.07) is 7.80. The second kappa shape index (κ2) is 9.80. The fourth-order valence-corrected chi connectivity index (χ4v) is 4.34. The maximum atomic E-state index is 13.4. The van der Waals surface area contributed by atoms with Crippen molar-refractivity contribution < 1.29 is 4.74 Å². The first-order valence-electron chi connectivity index (χ1n) is 11.6. The molecular formula is C25H33N7O2. The Morgan fingerprint density at radius 2 is 2.00 bits per heavy atom. The molecule has 180 valence electrons. The van der Waals surface area contributed by atoms with Crippen molar-refractivity contribution in [3.63, 3.8) is 0 Å². The van der Waals surface area contributed by atoms with Gasteiger partial charge in [0.1, 0.15) is 23.1 Å². The number of hydrogen-bond acceptors (Lipinski definition) is 8. The highest BCUT2D eigenvalue weighted by Crippen LogP contribution is 2.26. The zero-order chi connectivity index (χ0) is 24.4. The highest BCUT2D eigenvalue weighted by atomic mass is 16.5. The lowest BCUT2D eigenvalue weighted by Crippen LogP contribution is -2.38. The number of pyridine rings is 2. The van der Waals surface area contributed by atoms with Crippen molar-refractivity contribution in [2.24, 2.45) is 7.05 Å². The van der Waals surface area contributed by atoms with Crippen LogP contribution in [0.25, 0.3) is 11.4 Å². The minimum absolute atomic E-state index is 0.0659. The van der Waals surface area contributed by atoms with Crippen molar-refractivity contribution in [2.75, 3.05) is 48.9 Å². The molecule has 1 saturated heterocycles. The van der Waals surface area contributed by atoms with E-state index in [2.05, 4.69) is 20.2 Å². The van der Waals surface area contributed by atoms with Crippen LogP contribution in [0.2, 0.25) is 0 Å². The standard InChI is InChI=1S/C25H33N7O2/c1-7-34-20-15-32(21-10-8-9-11-26-21)14-19(20)29-23-17(3)28-24(31(6)25(23)33)18-13-27-22(30(4)5)12-16(18)2/h8-13,19-20,29H,7,14-15H2,1-6H3/t19?,20-/m0/s1. The normalized spacial score (nSPS) is 17.8. The smallest absolute Gasteiger partial charge is 0.277 e. The summed E-state index contributed by atoms with van der Waals surface area (Å²) in [6.45, 7) is 7.85. The second-order valence-electron chi connectivity index (χ2n) is 8.85. The number of rotatable bonds is 7. The molecule has 1 N–H and O–H groups in total. The molecule has 4 rings (SSSR count). The van der Waals surface area contributed by atoms with E-state index in [1.807, 2.05) is 64.0 Å². The van der Waals surface area contributed by atoms with Crippen LogP contribution in [0.4, 0.5) is 17.3 Å². The predicted molar refractivity (Wildman–Crippen MR) is 136 cm³/mol. The fraction of sp³-hybridized carbons (Fsp3) is 0.440. The molecule has 3 aromatic heterocycles. The average molecular weight is 464 g/mol. The first kappa shape index (κ1) is 23.7. The van der Waals surface area contributed by atoms with Gasteiger partial charge in [0.05, 0.1) is 17.8 Å². The summed E-state index contributed by atoms with van der Waals surface area (Å²) in [4.78, 5) is 31.4. The Kier molecular flexibility index (Phi) is 6.83. The van der Waals surface area contributed by atoms with E-state index in [-0.39, 0.29) is 17.7 Å². The number of hydrogen-bond donors (Lipinski definition) is 1. The molecule has 2 atom stereocenters. The van der Waals surface area contributed by atoms with Gasteiger partial charge in [-0.2, -0.15) is 0 Å². The topological polar surface area (TPSA) is 88.4 Å². The van der Waals surface area contributed by atoms with Gasteiger partial charge in [0.2, 0.25) is 0 Å². The Balaban J connectivity index is 1.64. The van der Waals surface area contributed by atoms with E-state index in [0.717, 1.165) is 22.8 Å². The first-order valence-corrected chi connectivity index (χ1v) is 11.6. The molecular weight excluding hydrogens is 430 g/mol. The lowest BCUT2D eigenvalue weighted by molar-refractivity contribution is 0.0720. The zero-order valence-corrected chi connectivity index (χ0v) is 20.7. The average Bonchev–Trinajstić information content (AvgIpc) is 3.22. The molecule has 1 aliphatic rings. The molecule has 1 fully saturated rings.